The zero-order valence-corrected chi connectivity index (χ0v) is 36.5. The van der Waals surface area contributed by atoms with E-state index in [0.29, 0.717) is 16.9 Å². The van der Waals surface area contributed by atoms with Gasteiger partial charge >= 0.3 is 0 Å². The fourth-order valence-electron chi connectivity index (χ4n) is 9.49. The molecule has 67 heavy (non-hydrogen) atoms. The summed E-state index contributed by atoms with van der Waals surface area (Å²) in [6.45, 7) is 0. The summed E-state index contributed by atoms with van der Waals surface area (Å²) in [6.07, 6.45) is 0. The Labute approximate surface area is 396 Å². The van der Waals surface area contributed by atoms with Crippen LogP contribution in [0.25, 0.3) is 71.6 Å². The van der Waals surface area contributed by atoms with Crippen LogP contribution in [-0.4, -0.2) is 4.57 Å². The Morgan fingerprint density at radius 1 is 0.284 bits per heavy atom. The van der Waals surface area contributed by atoms with E-state index in [2.05, 4.69) is 161 Å². The van der Waals surface area contributed by atoms with Crippen LogP contribution in [0.2, 0.25) is 0 Å². The molecule has 1 aromatic heterocycles. The van der Waals surface area contributed by atoms with Gasteiger partial charge in [0.2, 0.25) is 0 Å². The molecule has 316 valence electrons. The van der Waals surface area contributed by atoms with Gasteiger partial charge in [-0.05, 0) is 124 Å². The smallest absolute Gasteiger partial charge is 0.0645 e. The number of para-hydroxylation sites is 3. The first kappa shape index (κ1) is 35.4. The molecule has 3 nitrogen and oxygen atoms in total. The van der Waals surface area contributed by atoms with Crippen LogP contribution in [0.3, 0.4) is 0 Å². The van der Waals surface area contributed by atoms with Crippen molar-refractivity contribution in [3.63, 3.8) is 0 Å². The van der Waals surface area contributed by atoms with Crippen LogP contribution in [0.5, 0.6) is 0 Å². The minimum atomic E-state index is -0.139. The molecule has 11 aromatic carbocycles. The fourth-order valence-corrected chi connectivity index (χ4v) is 9.49. The van der Waals surface area contributed by atoms with Crippen molar-refractivity contribution in [3.8, 4) is 39.1 Å². The van der Waals surface area contributed by atoms with Gasteiger partial charge in [0.05, 0.1) is 22.2 Å². The SMILES string of the molecule is [2H]c1c([2H])c(N(c2ccccc2)c2ccc3c4ccccc4n(-c4ccccc4)c3c2)c([2H])c([2H])c1-c1cccc2c(N(c3ccc(-c4ccccc4)cc3)c3ccc(-c4ccccc4)cc3)cccc12. The molecule has 0 saturated carbocycles. The number of hydrogen-bond acceptors (Lipinski definition) is 2. The average Bonchev–Trinajstić information content (AvgIpc) is 3.77. The molecule has 0 saturated heterocycles. The van der Waals surface area contributed by atoms with Gasteiger partial charge in [0.25, 0.3) is 0 Å². The lowest BCUT2D eigenvalue weighted by molar-refractivity contribution is 1.18. The summed E-state index contributed by atoms with van der Waals surface area (Å²) in [7, 11) is 0. The molecule has 12 aromatic rings. The molecule has 3 heteroatoms. The number of benzene rings is 11. The topological polar surface area (TPSA) is 11.4 Å². The van der Waals surface area contributed by atoms with E-state index in [4.69, 9.17) is 0 Å². The van der Waals surface area contributed by atoms with E-state index in [1.807, 2.05) is 102 Å². The summed E-state index contributed by atoms with van der Waals surface area (Å²) in [5.74, 6) is 0. The molecule has 1 heterocycles. The summed E-state index contributed by atoms with van der Waals surface area (Å²) in [5.41, 5.74) is 12.8. The second-order valence-electron chi connectivity index (χ2n) is 16.6. The van der Waals surface area contributed by atoms with E-state index in [9.17, 15) is 5.48 Å². The molecule has 0 aliphatic rings. The number of rotatable bonds is 10. The van der Waals surface area contributed by atoms with E-state index in [0.717, 1.165) is 77.6 Å². The zero-order chi connectivity index (χ0) is 48.0. The standard InChI is InChI=1S/C64H45N3/c1-5-17-46(18-6-1)48-31-37-54(38-32-48)66(55-39-33-49(34-40-55)47-19-7-2-8-20-47)62-30-16-27-58-57(26-15-28-59(58)62)50-35-41-53(42-36-50)65(51-21-9-3-10-22-51)56-43-44-61-60-25-13-14-29-63(60)67(64(61)45-56)52-23-11-4-12-24-52/h1-45H/i35D,36D,41D,42D. The van der Waals surface area contributed by atoms with Crippen LogP contribution in [0, 0.1) is 0 Å². The molecule has 0 unspecified atom stereocenters. The van der Waals surface area contributed by atoms with Crippen LogP contribution in [0.15, 0.2) is 273 Å². The van der Waals surface area contributed by atoms with Crippen molar-refractivity contribution in [2.24, 2.45) is 0 Å². The van der Waals surface area contributed by atoms with Crippen LogP contribution < -0.4 is 9.80 Å². The number of fused-ring (bicyclic) bond motifs is 4. The zero-order valence-electron chi connectivity index (χ0n) is 40.5. The summed E-state index contributed by atoms with van der Waals surface area (Å²) in [6, 6.07) is 84.0. The Balaban J connectivity index is 1.01. The molecule has 0 aliphatic carbocycles. The first-order valence-electron chi connectivity index (χ1n) is 24.6. The summed E-state index contributed by atoms with van der Waals surface area (Å²) in [4.78, 5) is 4.11. The molecule has 0 fully saturated rings. The van der Waals surface area contributed by atoms with Gasteiger partial charge in [0, 0.05) is 50.3 Å². The van der Waals surface area contributed by atoms with E-state index < -0.39 is 0 Å². The minimum Gasteiger partial charge on any atom is -0.310 e. The minimum absolute atomic E-state index is 0.121. The highest BCUT2D eigenvalue weighted by Gasteiger charge is 2.20. The van der Waals surface area contributed by atoms with Crippen LogP contribution in [0.4, 0.5) is 34.1 Å². The highest BCUT2D eigenvalue weighted by molar-refractivity contribution is 6.10. The lowest BCUT2D eigenvalue weighted by atomic mass is 9.96. The third kappa shape index (κ3) is 7.39. The molecular weight excluding hydrogens is 811 g/mol. The molecule has 12 rings (SSSR count). The molecule has 0 amide bonds. The van der Waals surface area contributed by atoms with Crippen molar-refractivity contribution in [1.29, 1.82) is 0 Å². The summed E-state index contributed by atoms with van der Waals surface area (Å²) >= 11 is 0. The molecule has 0 radical (unpaired) electrons. The Hall–Kier alpha value is -8.92. The molecule has 0 N–H and O–H groups in total. The van der Waals surface area contributed by atoms with Crippen LogP contribution in [-0.2, 0) is 0 Å². The van der Waals surface area contributed by atoms with Crippen molar-refractivity contribution >= 4 is 66.7 Å². The second-order valence-corrected chi connectivity index (χ2v) is 16.6. The van der Waals surface area contributed by atoms with Gasteiger partial charge in [-0.2, -0.15) is 0 Å². The predicted octanol–water partition coefficient (Wildman–Crippen LogP) is 17.9. The summed E-state index contributed by atoms with van der Waals surface area (Å²) < 4.78 is 41.5. The van der Waals surface area contributed by atoms with Gasteiger partial charge < -0.3 is 14.4 Å². The number of anilines is 6. The van der Waals surface area contributed by atoms with Gasteiger partial charge in [-0.15, -0.1) is 0 Å². The first-order chi connectivity index (χ1) is 34.9. The van der Waals surface area contributed by atoms with Crippen LogP contribution >= 0.6 is 0 Å². The van der Waals surface area contributed by atoms with Crippen molar-refractivity contribution < 1.29 is 5.48 Å². The third-order valence-electron chi connectivity index (χ3n) is 12.7. The number of nitrogens with zero attached hydrogens (tertiary/aromatic N) is 3. The van der Waals surface area contributed by atoms with Gasteiger partial charge in [-0.3, -0.25) is 0 Å². The van der Waals surface area contributed by atoms with Gasteiger partial charge in [0.1, 0.15) is 0 Å². The average molecular weight is 860 g/mol. The van der Waals surface area contributed by atoms with Gasteiger partial charge in [-0.1, -0.05) is 188 Å². The predicted molar refractivity (Wildman–Crippen MR) is 284 cm³/mol. The normalized spacial score (nSPS) is 12.1. The maximum atomic E-state index is 9.84. The molecular formula is C64H45N3. The van der Waals surface area contributed by atoms with E-state index in [1.54, 1.807) is 0 Å². The number of hydrogen-bond donors (Lipinski definition) is 0. The Morgan fingerprint density at radius 3 is 1.40 bits per heavy atom. The van der Waals surface area contributed by atoms with E-state index in [1.165, 1.54) is 0 Å². The highest BCUT2D eigenvalue weighted by Crippen LogP contribution is 2.44. The molecule has 0 spiro atoms. The fraction of sp³-hybridized carbons (Fsp3) is 0. The van der Waals surface area contributed by atoms with Crippen molar-refractivity contribution in [3.05, 3.63) is 273 Å². The molecule has 0 atom stereocenters. The van der Waals surface area contributed by atoms with Crippen molar-refractivity contribution in [2.45, 2.75) is 0 Å². The summed E-state index contributed by atoms with van der Waals surface area (Å²) in [5, 5.41) is 3.89. The Kier molecular flexibility index (Phi) is 9.11. The lowest BCUT2D eigenvalue weighted by Crippen LogP contribution is -2.10. The maximum absolute atomic E-state index is 9.84. The van der Waals surface area contributed by atoms with Gasteiger partial charge in [0.15, 0.2) is 0 Å². The highest BCUT2D eigenvalue weighted by atomic mass is 15.1. The number of aromatic nitrogens is 1. The largest absolute Gasteiger partial charge is 0.310 e. The van der Waals surface area contributed by atoms with Crippen molar-refractivity contribution in [2.75, 3.05) is 9.80 Å². The molecule has 0 bridgehead atoms. The maximum Gasteiger partial charge on any atom is 0.0645 e. The third-order valence-corrected chi connectivity index (χ3v) is 12.7. The Morgan fingerprint density at radius 2 is 0.761 bits per heavy atom. The first-order valence-corrected chi connectivity index (χ1v) is 22.6. The van der Waals surface area contributed by atoms with Crippen molar-refractivity contribution in [1.82, 2.24) is 4.57 Å². The van der Waals surface area contributed by atoms with Gasteiger partial charge in [-0.25, -0.2) is 0 Å². The quantitative estimate of drug-likeness (QED) is 0.136. The second kappa shape index (κ2) is 17.2. The lowest BCUT2D eigenvalue weighted by Gasteiger charge is -2.28. The van der Waals surface area contributed by atoms with Crippen LogP contribution in [0.1, 0.15) is 5.48 Å². The van der Waals surface area contributed by atoms with E-state index >= 15 is 0 Å². The monoisotopic (exact) mass is 859 g/mol. The van der Waals surface area contributed by atoms with E-state index in [-0.39, 0.29) is 35.4 Å². The Bertz CT molecular complexity index is 3790. The molecule has 0 aliphatic heterocycles.